The quantitative estimate of drug-likeness (QED) is 0.174. The number of nitrogens with zero attached hydrogens (tertiary/aromatic N) is 3. The van der Waals surface area contributed by atoms with Gasteiger partial charge in [-0.1, -0.05) is 158 Å². The predicted octanol–water partition coefficient (Wildman–Crippen LogP) is 8.97. The second kappa shape index (κ2) is 10.9. The van der Waals surface area contributed by atoms with E-state index in [1.807, 2.05) is 11.3 Å². The summed E-state index contributed by atoms with van der Waals surface area (Å²) >= 11 is 1.87. The van der Waals surface area contributed by atoms with Crippen molar-refractivity contribution in [2.24, 2.45) is 0 Å². The molecule has 0 N–H and O–H groups in total. The van der Waals surface area contributed by atoms with Gasteiger partial charge in [-0.05, 0) is 33.8 Å². The van der Waals surface area contributed by atoms with Gasteiger partial charge in [-0.2, -0.15) is 0 Å². The summed E-state index contributed by atoms with van der Waals surface area (Å²) in [4.78, 5) is 11.4. The van der Waals surface area contributed by atoms with Crippen LogP contribution in [0, 0.1) is 0 Å². The van der Waals surface area contributed by atoms with Crippen molar-refractivity contribution in [2.75, 3.05) is 0 Å². The van der Waals surface area contributed by atoms with Gasteiger partial charge in [0.05, 0.1) is 22.4 Å². The third-order valence-corrected chi connectivity index (χ3v) is 16.8. The Morgan fingerprint density at radius 3 is 1.84 bits per heavy atom. The van der Waals surface area contributed by atoms with Gasteiger partial charge < -0.3 is 0 Å². The second-order valence-electron chi connectivity index (χ2n) is 13.3. The highest BCUT2D eigenvalue weighted by molar-refractivity contribution is 7.26. The molecule has 0 radical (unpaired) electrons. The molecule has 11 rings (SSSR count). The van der Waals surface area contributed by atoms with Gasteiger partial charge in [0.2, 0.25) is 5.95 Å². The summed E-state index contributed by atoms with van der Waals surface area (Å²) in [6.07, 6.45) is 0. The van der Waals surface area contributed by atoms with E-state index in [0.29, 0.717) is 5.95 Å². The van der Waals surface area contributed by atoms with Crippen LogP contribution in [0.4, 0.5) is 0 Å². The van der Waals surface area contributed by atoms with Crippen LogP contribution in [0.3, 0.4) is 0 Å². The molecule has 0 aliphatic carbocycles. The van der Waals surface area contributed by atoms with Crippen LogP contribution in [0.15, 0.2) is 176 Å². The highest BCUT2D eigenvalue weighted by Crippen LogP contribution is 2.43. The molecule has 0 unspecified atom stereocenters. The van der Waals surface area contributed by atoms with Crippen molar-refractivity contribution in [2.45, 2.75) is 0 Å². The minimum absolute atomic E-state index is 0.694. The van der Waals surface area contributed by atoms with Crippen LogP contribution < -0.4 is 20.7 Å². The van der Waals surface area contributed by atoms with Gasteiger partial charge in [-0.3, -0.25) is 4.57 Å². The lowest BCUT2D eigenvalue weighted by Gasteiger charge is -2.32. The van der Waals surface area contributed by atoms with E-state index >= 15 is 0 Å². The maximum Gasteiger partial charge on any atom is 0.235 e. The van der Waals surface area contributed by atoms with Crippen LogP contribution in [0.5, 0.6) is 0 Å². The Hall–Kier alpha value is -6.14. The number of rotatable bonds is 4. The van der Waals surface area contributed by atoms with Crippen LogP contribution >= 0.6 is 11.3 Å². The molecule has 0 saturated carbocycles. The van der Waals surface area contributed by atoms with Crippen LogP contribution in [0.25, 0.3) is 70.4 Å². The Balaban J connectivity index is 1.31. The Morgan fingerprint density at radius 1 is 0.471 bits per heavy atom. The fourth-order valence-corrected chi connectivity index (χ4v) is 15.1. The Bertz CT molecular complexity index is 2930. The van der Waals surface area contributed by atoms with Gasteiger partial charge in [0.25, 0.3) is 0 Å². The zero-order valence-corrected chi connectivity index (χ0v) is 29.3. The van der Waals surface area contributed by atoms with Crippen molar-refractivity contribution >= 4 is 82.1 Å². The summed E-state index contributed by atoms with van der Waals surface area (Å²) in [6, 6.07) is 64.0. The first-order valence-electron chi connectivity index (χ1n) is 17.3. The summed E-state index contributed by atoms with van der Waals surface area (Å²) < 4.78 is 4.91. The van der Waals surface area contributed by atoms with Crippen molar-refractivity contribution in [1.29, 1.82) is 0 Å². The zero-order chi connectivity index (χ0) is 33.5. The van der Waals surface area contributed by atoms with Gasteiger partial charge in [0.1, 0.15) is 0 Å². The topological polar surface area (TPSA) is 30.7 Å². The third kappa shape index (κ3) is 3.93. The molecule has 1 aliphatic heterocycles. The molecule has 3 aromatic heterocycles. The molecule has 1 aliphatic rings. The van der Waals surface area contributed by atoms with E-state index in [2.05, 4.69) is 180 Å². The predicted molar refractivity (Wildman–Crippen MR) is 217 cm³/mol. The monoisotopic (exact) mass is 683 g/mol. The molecular weight excluding hydrogens is 655 g/mol. The van der Waals surface area contributed by atoms with E-state index in [0.717, 1.165) is 28.0 Å². The Kier molecular flexibility index (Phi) is 6.14. The summed E-state index contributed by atoms with van der Waals surface area (Å²) in [5.41, 5.74) is 6.55. The molecule has 51 heavy (non-hydrogen) atoms. The number of hydrogen-bond donors (Lipinski definition) is 0. The lowest BCUT2D eigenvalue weighted by Crippen LogP contribution is -2.73. The molecule has 10 aromatic rings. The molecule has 0 saturated heterocycles. The number of thiophene rings is 1. The van der Waals surface area contributed by atoms with E-state index in [9.17, 15) is 0 Å². The van der Waals surface area contributed by atoms with Crippen molar-refractivity contribution in [1.82, 2.24) is 14.5 Å². The van der Waals surface area contributed by atoms with Crippen molar-refractivity contribution in [3.63, 3.8) is 0 Å². The summed E-state index contributed by atoms with van der Waals surface area (Å²) in [7, 11) is -2.86. The smallest absolute Gasteiger partial charge is 0.235 e. The highest BCUT2D eigenvalue weighted by atomic mass is 32.1. The molecule has 238 valence electrons. The van der Waals surface area contributed by atoms with Gasteiger partial charge in [0.15, 0.2) is 8.07 Å². The molecule has 3 nitrogen and oxygen atoms in total. The van der Waals surface area contributed by atoms with Gasteiger partial charge >= 0.3 is 0 Å². The number of hydrogen-bond acceptors (Lipinski definition) is 3. The van der Waals surface area contributed by atoms with E-state index in [-0.39, 0.29) is 0 Å². The lowest BCUT2D eigenvalue weighted by atomic mass is 10.1. The van der Waals surface area contributed by atoms with Crippen LogP contribution in [-0.4, -0.2) is 22.6 Å². The minimum atomic E-state index is -2.86. The third-order valence-electron chi connectivity index (χ3n) is 10.7. The van der Waals surface area contributed by atoms with Crippen molar-refractivity contribution in [3.05, 3.63) is 176 Å². The molecular formula is C46H29N3SSi. The molecule has 0 fully saturated rings. The fraction of sp³-hybridized carbons (Fsp3) is 0. The fourth-order valence-electron chi connectivity index (χ4n) is 8.65. The Morgan fingerprint density at radius 2 is 1.08 bits per heavy atom. The van der Waals surface area contributed by atoms with Crippen LogP contribution in [0.1, 0.15) is 0 Å². The molecule has 0 spiro atoms. The van der Waals surface area contributed by atoms with E-state index < -0.39 is 8.07 Å². The highest BCUT2D eigenvalue weighted by Gasteiger charge is 2.51. The normalized spacial score (nSPS) is 13.3. The number of para-hydroxylation sites is 1. The Labute approximate surface area is 299 Å². The molecule has 7 aromatic carbocycles. The number of aromatic nitrogens is 3. The lowest BCUT2D eigenvalue weighted by molar-refractivity contribution is 1.00. The summed E-state index contributed by atoms with van der Waals surface area (Å²) in [6.45, 7) is 0. The first-order chi connectivity index (χ1) is 25.3. The molecule has 0 amide bonds. The SMILES string of the molecule is c1ccc(-c2nc(-n3c4ccccc4c4c5sc6ccccc6c5ccc43)nc3c2[Si](c2ccccc2)(c2ccccc2)c2ccccc2-3)cc1. The average Bonchev–Trinajstić information content (AvgIpc) is 3.85. The largest absolute Gasteiger partial charge is 0.278 e. The first kappa shape index (κ1) is 28.7. The molecule has 0 bridgehead atoms. The maximum absolute atomic E-state index is 5.70. The standard InChI is InChI=1S/C46H29N3SSi/c1-4-16-30(17-5-1)42-45-43(36-24-12-15-27-40(36)51(45,31-18-6-2-7-19-31)32-20-8-3-9-21-32)48-46(47-42)49-37-25-13-10-23-35(37)41-38(49)29-28-34-33-22-11-14-26-39(33)50-44(34)41/h1-29H. The van der Waals surface area contributed by atoms with E-state index in [1.54, 1.807) is 0 Å². The van der Waals surface area contributed by atoms with Crippen molar-refractivity contribution in [3.8, 4) is 28.5 Å². The van der Waals surface area contributed by atoms with Crippen LogP contribution in [0.2, 0.25) is 0 Å². The molecule has 5 heteroatoms. The van der Waals surface area contributed by atoms with Gasteiger partial charge in [-0.15, -0.1) is 11.3 Å². The van der Waals surface area contributed by atoms with Gasteiger partial charge in [0, 0.05) is 47.3 Å². The van der Waals surface area contributed by atoms with Crippen LogP contribution in [-0.2, 0) is 0 Å². The number of fused-ring (bicyclic) bond motifs is 10. The van der Waals surface area contributed by atoms with Crippen molar-refractivity contribution < 1.29 is 0 Å². The average molecular weight is 684 g/mol. The van der Waals surface area contributed by atoms with E-state index in [1.165, 1.54) is 57.3 Å². The first-order valence-corrected chi connectivity index (χ1v) is 20.2. The van der Waals surface area contributed by atoms with Gasteiger partial charge in [-0.25, -0.2) is 9.97 Å². The summed E-state index contributed by atoms with van der Waals surface area (Å²) in [5, 5.41) is 10.3. The second-order valence-corrected chi connectivity index (χ2v) is 18.0. The maximum atomic E-state index is 5.70. The zero-order valence-electron chi connectivity index (χ0n) is 27.5. The molecule has 4 heterocycles. The minimum Gasteiger partial charge on any atom is -0.278 e. The summed E-state index contributed by atoms with van der Waals surface area (Å²) in [5.74, 6) is 0.694. The molecule has 0 atom stereocenters. The van der Waals surface area contributed by atoms with E-state index in [4.69, 9.17) is 9.97 Å². The number of benzene rings is 7.